The molecule has 1 aromatic rings. The van der Waals surface area contributed by atoms with E-state index in [0.29, 0.717) is 12.4 Å². The van der Waals surface area contributed by atoms with Gasteiger partial charge in [-0.05, 0) is 24.3 Å². The number of nitrogens with zero attached hydrogens (tertiary/aromatic N) is 1. The second kappa shape index (κ2) is 8.92. The van der Waals surface area contributed by atoms with Crippen molar-refractivity contribution in [2.75, 3.05) is 50.8 Å². The predicted molar refractivity (Wildman–Crippen MR) is 85.5 cm³/mol. The minimum atomic E-state index is -0.917. The van der Waals surface area contributed by atoms with Gasteiger partial charge in [0, 0.05) is 44.2 Å². The number of ether oxygens (including phenoxy) is 1. The van der Waals surface area contributed by atoms with Crippen LogP contribution < -0.4 is 10.1 Å². The van der Waals surface area contributed by atoms with E-state index in [4.69, 9.17) is 9.84 Å². The summed E-state index contributed by atoms with van der Waals surface area (Å²) in [6.45, 7) is 5.84. The lowest BCUT2D eigenvalue weighted by Gasteiger charge is -2.26. The molecule has 21 heavy (non-hydrogen) atoms. The summed E-state index contributed by atoms with van der Waals surface area (Å²) in [7, 11) is 0. The molecule has 1 saturated heterocycles. The van der Waals surface area contributed by atoms with E-state index in [2.05, 4.69) is 10.2 Å². The summed E-state index contributed by atoms with van der Waals surface area (Å²) in [5.41, 5.74) is 0.278. The van der Waals surface area contributed by atoms with Crippen molar-refractivity contribution >= 4 is 17.7 Å². The van der Waals surface area contributed by atoms with E-state index in [1.165, 1.54) is 24.6 Å². The topological polar surface area (TPSA) is 61.8 Å². The van der Waals surface area contributed by atoms with Crippen molar-refractivity contribution in [2.45, 2.75) is 0 Å². The fourth-order valence-electron chi connectivity index (χ4n) is 2.12. The third kappa shape index (κ3) is 5.95. The second-order valence-corrected chi connectivity index (χ2v) is 6.11. The maximum atomic E-state index is 10.7. The van der Waals surface area contributed by atoms with E-state index >= 15 is 0 Å². The molecule has 116 valence electrons. The fraction of sp³-hybridized carbons (Fsp3) is 0.533. The Hall–Kier alpha value is -1.24. The summed E-state index contributed by atoms with van der Waals surface area (Å²) < 4.78 is 5.56. The van der Waals surface area contributed by atoms with Crippen LogP contribution in [0.3, 0.4) is 0 Å². The Morgan fingerprint density at radius 1 is 1.24 bits per heavy atom. The Morgan fingerprint density at radius 3 is 2.62 bits per heavy atom. The summed E-state index contributed by atoms with van der Waals surface area (Å²) in [5.74, 6) is 2.28. The third-order valence-electron chi connectivity index (χ3n) is 3.36. The summed E-state index contributed by atoms with van der Waals surface area (Å²) in [5, 5.41) is 12.2. The molecule has 1 aliphatic heterocycles. The number of rotatable bonds is 8. The molecule has 0 unspecified atom stereocenters. The zero-order chi connectivity index (χ0) is 14.9. The molecule has 2 N–H and O–H groups in total. The first kappa shape index (κ1) is 16.1. The van der Waals surface area contributed by atoms with Crippen LogP contribution in [0.15, 0.2) is 24.3 Å². The Bertz CT molecular complexity index is 433. The van der Waals surface area contributed by atoms with Crippen molar-refractivity contribution in [3.63, 3.8) is 0 Å². The first-order chi connectivity index (χ1) is 10.3. The lowest BCUT2D eigenvalue weighted by Crippen LogP contribution is -2.38. The minimum Gasteiger partial charge on any atom is -0.492 e. The highest BCUT2D eigenvalue weighted by Crippen LogP contribution is 2.11. The fourth-order valence-corrected chi connectivity index (χ4v) is 3.10. The first-order valence-electron chi connectivity index (χ1n) is 7.23. The monoisotopic (exact) mass is 310 g/mol. The van der Waals surface area contributed by atoms with E-state index in [9.17, 15) is 4.79 Å². The largest absolute Gasteiger partial charge is 0.492 e. The number of hydrogen-bond acceptors (Lipinski definition) is 5. The highest BCUT2D eigenvalue weighted by molar-refractivity contribution is 7.99. The van der Waals surface area contributed by atoms with Gasteiger partial charge < -0.3 is 20.1 Å². The summed E-state index contributed by atoms with van der Waals surface area (Å²) in [6, 6.07) is 6.49. The van der Waals surface area contributed by atoms with Gasteiger partial charge >= 0.3 is 5.97 Å². The summed E-state index contributed by atoms with van der Waals surface area (Å²) in [4.78, 5) is 13.2. The zero-order valence-electron chi connectivity index (χ0n) is 12.1. The van der Waals surface area contributed by atoms with Crippen LogP contribution in [0.4, 0.5) is 0 Å². The van der Waals surface area contributed by atoms with Gasteiger partial charge in [-0.25, -0.2) is 4.79 Å². The SMILES string of the molecule is O=C(O)c1ccc(OCCNCCN2CCSCC2)cc1. The highest BCUT2D eigenvalue weighted by atomic mass is 32.2. The molecule has 0 amide bonds. The van der Waals surface area contributed by atoms with Gasteiger partial charge in [0.05, 0.1) is 5.56 Å². The summed E-state index contributed by atoms with van der Waals surface area (Å²) in [6.07, 6.45) is 0. The number of nitrogens with one attached hydrogen (secondary N) is 1. The molecule has 1 aromatic carbocycles. The molecule has 2 rings (SSSR count). The van der Waals surface area contributed by atoms with Crippen LogP contribution in [-0.4, -0.2) is 66.8 Å². The van der Waals surface area contributed by atoms with Gasteiger partial charge in [0.15, 0.2) is 0 Å². The number of thioether (sulfide) groups is 1. The van der Waals surface area contributed by atoms with Crippen molar-refractivity contribution in [1.29, 1.82) is 0 Å². The predicted octanol–water partition coefficient (Wildman–Crippen LogP) is 1.40. The molecular formula is C15H22N2O3S. The lowest BCUT2D eigenvalue weighted by atomic mass is 10.2. The van der Waals surface area contributed by atoms with Crippen LogP contribution in [0, 0.1) is 0 Å². The highest BCUT2D eigenvalue weighted by Gasteiger charge is 2.08. The molecule has 0 saturated carbocycles. The van der Waals surface area contributed by atoms with Crippen LogP contribution in [0.2, 0.25) is 0 Å². The maximum absolute atomic E-state index is 10.7. The van der Waals surface area contributed by atoms with Crippen LogP contribution in [-0.2, 0) is 0 Å². The molecule has 0 aliphatic carbocycles. The average molecular weight is 310 g/mol. The Balaban J connectivity index is 1.54. The molecule has 0 aromatic heterocycles. The third-order valence-corrected chi connectivity index (χ3v) is 4.30. The van der Waals surface area contributed by atoms with Gasteiger partial charge in [0.2, 0.25) is 0 Å². The van der Waals surface area contributed by atoms with Crippen molar-refractivity contribution in [1.82, 2.24) is 10.2 Å². The van der Waals surface area contributed by atoms with Gasteiger partial charge in [0.1, 0.15) is 12.4 Å². The molecule has 1 fully saturated rings. The van der Waals surface area contributed by atoms with E-state index in [0.717, 1.165) is 19.6 Å². The lowest BCUT2D eigenvalue weighted by molar-refractivity contribution is 0.0697. The van der Waals surface area contributed by atoms with Crippen molar-refractivity contribution < 1.29 is 14.6 Å². The van der Waals surface area contributed by atoms with Crippen LogP contribution in [0.25, 0.3) is 0 Å². The quantitative estimate of drug-likeness (QED) is 0.708. The number of benzene rings is 1. The van der Waals surface area contributed by atoms with Crippen LogP contribution in [0.1, 0.15) is 10.4 Å². The molecule has 0 radical (unpaired) electrons. The van der Waals surface area contributed by atoms with Crippen molar-refractivity contribution in [2.24, 2.45) is 0 Å². The van der Waals surface area contributed by atoms with Gasteiger partial charge in [0.25, 0.3) is 0 Å². The normalized spacial score (nSPS) is 15.8. The smallest absolute Gasteiger partial charge is 0.335 e. The Morgan fingerprint density at radius 2 is 1.95 bits per heavy atom. The van der Waals surface area contributed by atoms with E-state index in [1.807, 2.05) is 11.8 Å². The zero-order valence-corrected chi connectivity index (χ0v) is 12.9. The molecule has 0 bridgehead atoms. The van der Waals surface area contributed by atoms with Crippen LogP contribution in [0.5, 0.6) is 5.75 Å². The number of aromatic carboxylic acids is 1. The molecule has 1 heterocycles. The van der Waals surface area contributed by atoms with Crippen LogP contribution >= 0.6 is 11.8 Å². The van der Waals surface area contributed by atoms with E-state index in [-0.39, 0.29) is 5.56 Å². The first-order valence-corrected chi connectivity index (χ1v) is 8.38. The molecule has 0 spiro atoms. The molecular weight excluding hydrogens is 288 g/mol. The average Bonchev–Trinajstić information content (AvgIpc) is 2.52. The number of carboxylic acid groups (broad SMARTS) is 1. The number of carbonyl (C=O) groups is 1. The second-order valence-electron chi connectivity index (χ2n) is 4.88. The molecule has 0 atom stereocenters. The molecule has 5 nitrogen and oxygen atoms in total. The standard InChI is InChI=1S/C15H22N2O3S/c18-15(19)13-1-3-14(4-2-13)20-10-6-16-5-7-17-8-11-21-12-9-17/h1-4,16H,5-12H2,(H,18,19). The number of carboxylic acids is 1. The van der Waals surface area contributed by atoms with Crippen molar-refractivity contribution in [3.8, 4) is 5.75 Å². The number of hydrogen-bond donors (Lipinski definition) is 2. The summed E-state index contributed by atoms with van der Waals surface area (Å²) >= 11 is 2.03. The Labute approximate surface area is 129 Å². The van der Waals surface area contributed by atoms with Crippen molar-refractivity contribution in [3.05, 3.63) is 29.8 Å². The van der Waals surface area contributed by atoms with Gasteiger partial charge in [-0.3, -0.25) is 0 Å². The minimum absolute atomic E-state index is 0.278. The van der Waals surface area contributed by atoms with Gasteiger partial charge in [-0.2, -0.15) is 11.8 Å². The van der Waals surface area contributed by atoms with E-state index < -0.39 is 5.97 Å². The maximum Gasteiger partial charge on any atom is 0.335 e. The van der Waals surface area contributed by atoms with Gasteiger partial charge in [-0.1, -0.05) is 0 Å². The van der Waals surface area contributed by atoms with E-state index in [1.54, 1.807) is 24.3 Å². The molecule has 1 aliphatic rings. The Kier molecular flexibility index (Phi) is 6.85. The molecule has 6 heteroatoms. The van der Waals surface area contributed by atoms with Gasteiger partial charge in [-0.15, -0.1) is 0 Å².